The van der Waals surface area contributed by atoms with Gasteiger partial charge in [-0.2, -0.15) is 0 Å². The summed E-state index contributed by atoms with van der Waals surface area (Å²) in [7, 11) is 0. The first kappa shape index (κ1) is 8.94. The minimum absolute atomic E-state index is 0.385. The van der Waals surface area contributed by atoms with Crippen LogP contribution in [0.3, 0.4) is 0 Å². The van der Waals surface area contributed by atoms with Crippen molar-refractivity contribution in [3.8, 4) is 0 Å². The Kier molecular flexibility index (Phi) is 2.49. The first-order chi connectivity index (χ1) is 6.31. The number of tetrazole rings is 1. The van der Waals surface area contributed by atoms with Crippen LogP contribution in [0.5, 0.6) is 0 Å². The number of hydrogen-bond donors (Lipinski definition) is 0. The lowest BCUT2D eigenvalue weighted by Crippen LogP contribution is -2.11. The maximum Gasteiger partial charge on any atom is 0.166 e. The van der Waals surface area contributed by atoms with Crippen molar-refractivity contribution in [2.45, 2.75) is 38.1 Å². The zero-order valence-electron chi connectivity index (χ0n) is 7.65. The second-order valence-corrected chi connectivity index (χ2v) is 3.97. The molecule has 1 saturated carbocycles. The summed E-state index contributed by atoms with van der Waals surface area (Å²) in [5.41, 5.74) is 0. The van der Waals surface area contributed by atoms with Crippen LogP contribution in [0.2, 0.25) is 0 Å². The molecule has 1 atom stereocenters. The predicted molar refractivity (Wildman–Crippen MR) is 49.4 cm³/mol. The van der Waals surface area contributed by atoms with Crippen LogP contribution in [0.25, 0.3) is 0 Å². The van der Waals surface area contributed by atoms with Gasteiger partial charge in [-0.15, -0.1) is 16.7 Å². The molecule has 0 saturated heterocycles. The van der Waals surface area contributed by atoms with E-state index in [0.29, 0.717) is 11.9 Å². The molecular formula is C8H13ClN4. The third kappa shape index (κ3) is 1.99. The Hall–Kier alpha value is -0.640. The van der Waals surface area contributed by atoms with Gasteiger partial charge in [-0.3, -0.25) is 0 Å². The van der Waals surface area contributed by atoms with Crippen LogP contribution in [0.15, 0.2) is 0 Å². The average molecular weight is 201 g/mol. The average Bonchev–Trinajstić information content (AvgIpc) is 2.82. The number of nitrogens with zero attached hydrogens (tertiary/aromatic N) is 4. The lowest BCUT2D eigenvalue weighted by Gasteiger charge is -2.11. The molecule has 0 spiro atoms. The first-order valence-corrected chi connectivity index (χ1v) is 5.17. The summed E-state index contributed by atoms with van der Waals surface area (Å²) in [4.78, 5) is 0. The fourth-order valence-corrected chi connectivity index (χ4v) is 1.75. The molecule has 2 rings (SSSR count). The molecule has 4 nitrogen and oxygen atoms in total. The van der Waals surface area contributed by atoms with Gasteiger partial charge in [0, 0.05) is 0 Å². The second kappa shape index (κ2) is 3.62. The maximum atomic E-state index is 5.71. The highest BCUT2D eigenvalue weighted by atomic mass is 35.5. The van der Waals surface area contributed by atoms with Gasteiger partial charge in [0.05, 0.1) is 11.9 Å². The Morgan fingerprint density at radius 2 is 2.38 bits per heavy atom. The predicted octanol–water partition coefficient (Wildman–Crippen LogP) is 1.77. The molecule has 1 aliphatic carbocycles. The van der Waals surface area contributed by atoms with Crippen molar-refractivity contribution in [3.05, 3.63) is 5.82 Å². The van der Waals surface area contributed by atoms with Crippen molar-refractivity contribution in [1.82, 2.24) is 20.2 Å². The summed E-state index contributed by atoms with van der Waals surface area (Å²) in [5, 5.41) is 11.4. The number of alkyl halides is 1. The van der Waals surface area contributed by atoms with E-state index in [4.69, 9.17) is 11.6 Å². The zero-order valence-corrected chi connectivity index (χ0v) is 8.41. The van der Waals surface area contributed by atoms with Gasteiger partial charge >= 0.3 is 0 Å². The molecule has 0 bridgehead atoms. The van der Waals surface area contributed by atoms with Crippen molar-refractivity contribution in [2.24, 2.45) is 5.92 Å². The molecule has 0 amide bonds. The Morgan fingerprint density at radius 3 is 3.00 bits per heavy atom. The molecule has 1 unspecified atom stereocenters. The van der Waals surface area contributed by atoms with Crippen molar-refractivity contribution in [3.63, 3.8) is 0 Å². The van der Waals surface area contributed by atoms with Crippen molar-refractivity contribution in [2.75, 3.05) is 0 Å². The lowest BCUT2D eigenvalue weighted by atomic mass is 10.2. The fourth-order valence-electron chi connectivity index (χ4n) is 1.58. The van der Waals surface area contributed by atoms with Gasteiger partial charge in [0.15, 0.2) is 5.82 Å². The van der Waals surface area contributed by atoms with Crippen LogP contribution >= 0.6 is 11.6 Å². The van der Waals surface area contributed by atoms with E-state index in [1.807, 2.05) is 4.68 Å². The molecule has 13 heavy (non-hydrogen) atoms. The number of aromatic nitrogens is 4. The van der Waals surface area contributed by atoms with E-state index in [9.17, 15) is 0 Å². The van der Waals surface area contributed by atoms with Gasteiger partial charge < -0.3 is 0 Å². The summed E-state index contributed by atoms with van der Waals surface area (Å²) in [5.74, 6) is 2.05. The molecule has 1 aromatic rings. The molecule has 1 aliphatic rings. The van der Waals surface area contributed by atoms with Crippen molar-refractivity contribution >= 4 is 11.6 Å². The fraction of sp³-hybridized carbons (Fsp3) is 0.875. The third-order valence-electron chi connectivity index (χ3n) is 2.47. The van der Waals surface area contributed by atoms with Crippen LogP contribution in [0.4, 0.5) is 0 Å². The second-order valence-electron chi connectivity index (χ2n) is 3.70. The Morgan fingerprint density at radius 1 is 1.62 bits per heavy atom. The van der Waals surface area contributed by atoms with Crippen LogP contribution in [0.1, 0.15) is 38.1 Å². The molecule has 0 N–H and O–H groups in total. The quantitative estimate of drug-likeness (QED) is 0.696. The van der Waals surface area contributed by atoms with E-state index < -0.39 is 0 Å². The SMILES string of the molecule is CC(CC1CC1)n1nnnc1CCl. The minimum atomic E-state index is 0.385. The van der Waals surface area contributed by atoms with E-state index in [0.717, 1.165) is 11.7 Å². The monoisotopic (exact) mass is 200 g/mol. The molecule has 1 heterocycles. The van der Waals surface area contributed by atoms with E-state index in [-0.39, 0.29) is 0 Å². The summed E-state index contributed by atoms with van der Waals surface area (Å²) in [6, 6.07) is 0.385. The summed E-state index contributed by atoms with van der Waals surface area (Å²) in [6.45, 7) is 2.14. The summed E-state index contributed by atoms with van der Waals surface area (Å²) in [6.07, 6.45) is 3.90. The standard InChI is InChI=1S/C8H13ClN4/c1-6(4-7-2-3-7)13-8(5-9)10-11-12-13/h6-7H,2-5H2,1H3. The van der Waals surface area contributed by atoms with Crippen LogP contribution < -0.4 is 0 Å². The van der Waals surface area contributed by atoms with Gasteiger partial charge in [0.25, 0.3) is 0 Å². The first-order valence-electron chi connectivity index (χ1n) is 4.64. The highest BCUT2D eigenvalue weighted by molar-refractivity contribution is 6.16. The van der Waals surface area contributed by atoms with Gasteiger partial charge in [-0.1, -0.05) is 12.8 Å². The molecule has 5 heteroatoms. The molecule has 0 radical (unpaired) electrons. The van der Waals surface area contributed by atoms with Crippen molar-refractivity contribution in [1.29, 1.82) is 0 Å². The number of hydrogen-bond acceptors (Lipinski definition) is 3. The highest BCUT2D eigenvalue weighted by Crippen LogP contribution is 2.36. The molecule has 0 aliphatic heterocycles. The van der Waals surface area contributed by atoms with E-state index in [1.54, 1.807) is 0 Å². The zero-order chi connectivity index (χ0) is 9.26. The maximum absolute atomic E-state index is 5.71. The summed E-state index contributed by atoms with van der Waals surface area (Å²) < 4.78 is 1.84. The number of halogens is 1. The largest absolute Gasteiger partial charge is 0.226 e. The van der Waals surface area contributed by atoms with Crippen LogP contribution in [-0.2, 0) is 5.88 Å². The van der Waals surface area contributed by atoms with Crippen molar-refractivity contribution < 1.29 is 0 Å². The van der Waals surface area contributed by atoms with Gasteiger partial charge in [-0.05, 0) is 29.7 Å². The molecular weight excluding hydrogens is 188 g/mol. The molecule has 72 valence electrons. The number of rotatable bonds is 4. The highest BCUT2D eigenvalue weighted by Gasteiger charge is 2.25. The normalized spacial score (nSPS) is 18.9. The van der Waals surface area contributed by atoms with Crippen LogP contribution in [-0.4, -0.2) is 20.2 Å². The van der Waals surface area contributed by atoms with E-state index in [1.165, 1.54) is 19.3 Å². The Balaban J connectivity index is 2.04. The van der Waals surface area contributed by atoms with Gasteiger partial charge in [0.2, 0.25) is 0 Å². The molecule has 1 aromatic heterocycles. The van der Waals surface area contributed by atoms with Gasteiger partial charge in [0.1, 0.15) is 0 Å². The molecule has 1 fully saturated rings. The van der Waals surface area contributed by atoms with Gasteiger partial charge in [-0.25, -0.2) is 4.68 Å². The van der Waals surface area contributed by atoms with E-state index >= 15 is 0 Å². The van der Waals surface area contributed by atoms with E-state index in [2.05, 4.69) is 22.4 Å². The lowest BCUT2D eigenvalue weighted by molar-refractivity contribution is 0.417. The van der Waals surface area contributed by atoms with Crippen LogP contribution in [0, 0.1) is 5.92 Å². The Labute approximate surface area is 82.3 Å². The smallest absolute Gasteiger partial charge is 0.166 e. The minimum Gasteiger partial charge on any atom is -0.226 e. The third-order valence-corrected chi connectivity index (χ3v) is 2.71. The summed E-state index contributed by atoms with van der Waals surface area (Å²) >= 11 is 5.71. The topological polar surface area (TPSA) is 43.6 Å². The Bertz CT molecular complexity index is 281. The molecule has 0 aromatic carbocycles.